The highest BCUT2D eigenvalue weighted by atomic mass is 16.6. The maximum absolute atomic E-state index is 11.9. The van der Waals surface area contributed by atoms with Crippen molar-refractivity contribution in [3.8, 4) is 5.75 Å². The molecule has 1 rings (SSSR count). The molecule has 1 aromatic rings. The fraction of sp³-hybridized carbons (Fsp3) is 0.636. The van der Waals surface area contributed by atoms with Crippen LogP contribution in [0.3, 0.4) is 0 Å². The standard InChI is InChI=1S/C22H34O5/c1-7-25-20(24)16-17-9-8-10-18(15-17)26-14-13-22(5,6)12-11-19(23)27-21(2,3)4/h8-10,15H,7,11-14,16H2,1-6H3. The van der Waals surface area contributed by atoms with Crippen LogP contribution >= 0.6 is 0 Å². The number of hydrogen-bond acceptors (Lipinski definition) is 5. The summed E-state index contributed by atoms with van der Waals surface area (Å²) in [6.45, 7) is 12.6. The predicted octanol–water partition coefficient (Wildman–Crippen LogP) is 4.71. The van der Waals surface area contributed by atoms with Crippen LogP contribution in [0.2, 0.25) is 0 Å². The van der Waals surface area contributed by atoms with Crippen LogP contribution in [0.4, 0.5) is 0 Å². The zero-order chi connectivity index (χ0) is 20.5. The van der Waals surface area contributed by atoms with Crippen LogP contribution in [0.5, 0.6) is 5.75 Å². The fourth-order valence-corrected chi connectivity index (χ4v) is 2.53. The van der Waals surface area contributed by atoms with Gasteiger partial charge in [0, 0.05) is 6.42 Å². The number of carbonyl (C=O) groups excluding carboxylic acids is 2. The highest BCUT2D eigenvalue weighted by Gasteiger charge is 2.22. The van der Waals surface area contributed by atoms with E-state index in [9.17, 15) is 9.59 Å². The summed E-state index contributed by atoms with van der Waals surface area (Å²) < 4.78 is 16.2. The van der Waals surface area contributed by atoms with E-state index < -0.39 is 5.60 Å². The number of hydrogen-bond donors (Lipinski definition) is 0. The van der Waals surface area contributed by atoms with E-state index in [0.29, 0.717) is 19.6 Å². The molecule has 0 spiro atoms. The van der Waals surface area contributed by atoms with Crippen LogP contribution in [0.25, 0.3) is 0 Å². The second kappa shape index (κ2) is 10.3. The zero-order valence-corrected chi connectivity index (χ0v) is 17.6. The van der Waals surface area contributed by atoms with Gasteiger partial charge >= 0.3 is 11.9 Å². The van der Waals surface area contributed by atoms with Gasteiger partial charge in [0.1, 0.15) is 11.4 Å². The molecule has 0 aliphatic rings. The maximum atomic E-state index is 11.9. The van der Waals surface area contributed by atoms with Gasteiger partial charge in [0.2, 0.25) is 0 Å². The minimum atomic E-state index is -0.446. The molecule has 1 aromatic carbocycles. The first kappa shape index (κ1) is 23.0. The Labute approximate surface area is 163 Å². The third-order valence-electron chi connectivity index (χ3n) is 4.03. The molecule has 0 saturated heterocycles. The quantitative estimate of drug-likeness (QED) is 0.552. The Morgan fingerprint density at radius 2 is 1.70 bits per heavy atom. The smallest absolute Gasteiger partial charge is 0.310 e. The van der Waals surface area contributed by atoms with Crippen LogP contribution < -0.4 is 4.74 Å². The number of ether oxygens (including phenoxy) is 3. The van der Waals surface area contributed by atoms with Gasteiger partial charge in [0.15, 0.2) is 0 Å². The average Bonchev–Trinajstić information content (AvgIpc) is 2.52. The van der Waals surface area contributed by atoms with Crippen LogP contribution in [-0.2, 0) is 25.5 Å². The van der Waals surface area contributed by atoms with E-state index in [-0.39, 0.29) is 23.8 Å². The van der Waals surface area contributed by atoms with Crippen molar-refractivity contribution in [2.24, 2.45) is 5.41 Å². The Morgan fingerprint density at radius 1 is 1.00 bits per heavy atom. The molecule has 0 heterocycles. The van der Waals surface area contributed by atoms with Crippen LogP contribution in [0.15, 0.2) is 24.3 Å². The van der Waals surface area contributed by atoms with Gasteiger partial charge in [-0.1, -0.05) is 26.0 Å². The van der Waals surface area contributed by atoms with Crippen LogP contribution in [0.1, 0.15) is 66.4 Å². The number of esters is 2. The van der Waals surface area contributed by atoms with E-state index in [1.54, 1.807) is 6.92 Å². The summed E-state index contributed by atoms with van der Waals surface area (Å²) in [6, 6.07) is 7.50. The van der Waals surface area contributed by atoms with Gasteiger partial charge in [-0.25, -0.2) is 0 Å². The first-order valence-electron chi connectivity index (χ1n) is 9.60. The molecule has 0 bridgehead atoms. The number of carbonyl (C=O) groups is 2. The van der Waals surface area contributed by atoms with Gasteiger partial charge in [-0.05, 0) is 63.6 Å². The Hall–Kier alpha value is -2.04. The van der Waals surface area contributed by atoms with E-state index >= 15 is 0 Å². The minimum Gasteiger partial charge on any atom is -0.494 e. The molecule has 152 valence electrons. The van der Waals surface area contributed by atoms with Gasteiger partial charge in [-0.2, -0.15) is 0 Å². The highest BCUT2D eigenvalue weighted by molar-refractivity contribution is 5.72. The summed E-state index contributed by atoms with van der Waals surface area (Å²) in [7, 11) is 0. The average molecular weight is 379 g/mol. The molecule has 0 amide bonds. The molecule has 0 atom stereocenters. The molecule has 0 saturated carbocycles. The summed E-state index contributed by atoms with van der Waals surface area (Å²) in [5.41, 5.74) is 0.397. The first-order valence-corrected chi connectivity index (χ1v) is 9.60. The molecule has 27 heavy (non-hydrogen) atoms. The molecule has 5 nitrogen and oxygen atoms in total. The van der Waals surface area contributed by atoms with E-state index in [1.165, 1.54) is 0 Å². The molecule has 0 aromatic heterocycles. The summed E-state index contributed by atoms with van der Waals surface area (Å²) in [5.74, 6) is 0.334. The fourth-order valence-electron chi connectivity index (χ4n) is 2.53. The van der Waals surface area contributed by atoms with Gasteiger partial charge in [0.25, 0.3) is 0 Å². The van der Waals surface area contributed by atoms with Crippen molar-refractivity contribution in [1.82, 2.24) is 0 Å². The molecule has 5 heteroatoms. The molecular weight excluding hydrogens is 344 g/mol. The Bertz CT molecular complexity index is 613. The Kier molecular flexibility index (Phi) is 8.80. The van der Waals surface area contributed by atoms with Gasteiger partial charge in [-0.3, -0.25) is 9.59 Å². The van der Waals surface area contributed by atoms with Crippen molar-refractivity contribution in [1.29, 1.82) is 0 Å². The van der Waals surface area contributed by atoms with Crippen molar-refractivity contribution < 1.29 is 23.8 Å². The van der Waals surface area contributed by atoms with Crippen molar-refractivity contribution in [2.75, 3.05) is 13.2 Å². The van der Waals surface area contributed by atoms with E-state index in [0.717, 1.165) is 24.2 Å². The van der Waals surface area contributed by atoms with Gasteiger partial charge in [-0.15, -0.1) is 0 Å². The molecule has 0 aliphatic heterocycles. The van der Waals surface area contributed by atoms with Crippen molar-refractivity contribution in [3.05, 3.63) is 29.8 Å². The lowest BCUT2D eigenvalue weighted by Crippen LogP contribution is -2.25. The molecule has 0 fully saturated rings. The summed E-state index contributed by atoms with van der Waals surface area (Å²) in [5, 5.41) is 0. The lowest BCUT2D eigenvalue weighted by molar-refractivity contribution is -0.155. The van der Waals surface area contributed by atoms with Crippen LogP contribution in [0, 0.1) is 5.41 Å². The summed E-state index contributed by atoms with van der Waals surface area (Å²) in [6.07, 6.45) is 2.21. The van der Waals surface area contributed by atoms with Gasteiger partial charge in [0.05, 0.1) is 19.6 Å². The second-order valence-electron chi connectivity index (χ2n) is 8.48. The monoisotopic (exact) mass is 378 g/mol. The largest absolute Gasteiger partial charge is 0.494 e. The predicted molar refractivity (Wildman–Crippen MR) is 106 cm³/mol. The second-order valence-corrected chi connectivity index (χ2v) is 8.48. The Morgan fingerprint density at radius 3 is 2.33 bits per heavy atom. The van der Waals surface area contributed by atoms with E-state index in [1.807, 2.05) is 45.0 Å². The van der Waals surface area contributed by atoms with Crippen molar-refractivity contribution in [2.45, 2.75) is 72.8 Å². The highest BCUT2D eigenvalue weighted by Crippen LogP contribution is 2.28. The molecule has 0 radical (unpaired) electrons. The van der Waals surface area contributed by atoms with Gasteiger partial charge < -0.3 is 14.2 Å². The minimum absolute atomic E-state index is 0.0283. The maximum Gasteiger partial charge on any atom is 0.310 e. The number of benzene rings is 1. The lowest BCUT2D eigenvalue weighted by atomic mass is 9.85. The molecule has 0 N–H and O–H groups in total. The Balaban J connectivity index is 2.42. The normalized spacial score (nSPS) is 11.8. The first-order chi connectivity index (χ1) is 12.5. The van der Waals surface area contributed by atoms with E-state index in [2.05, 4.69) is 13.8 Å². The third kappa shape index (κ3) is 10.6. The van der Waals surface area contributed by atoms with Crippen molar-refractivity contribution in [3.63, 3.8) is 0 Å². The van der Waals surface area contributed by atoms with Crippen LogP contribution in [-0.4, -0.2) is 30.8 Å². The van der Waals surface area contributed by atoms with E-state index in [4.69, 9.17) is 14.2 Å². The van der Waals surface area contributed by atoms with Crippen molar-refractivity contribution >= 4 is 11.9 Å². The zero-order valence-electron chi connectivity index (χ0n) is 17.6. The SMILES string of the molecule is CCOC(=O)Cc1cccc(OCCC(C)(C)CCC(=O)OC(C)(C)C)c1. The summed E-state index contributed by atoms with van der Waals surface area (Å²) in [4.78, 5) is 23.5. The molecule has 0 unspecified atom stereocenters. The molecular formula is C22H34O5. The lowest BCUT2D eigenvalue weighted by Gasteiger charge is -2.25. The number of rotatable bonds is 10. The topological polar surface area (TPSA) is 61.8 Å². The third-order valence-corrected chi connectivity index (χ3v) is 4.03. The molecule has 0 aliphatic carbocycles. The summed E-state index contributed by atoms with van der Waals surface area (Å²) >= 11 is 0.